The average Bonchev–Trinajstić information content (AvgIpc) is 2.63. The Morgan fingerprint density at radius 2 is 1.88 bits per heavy atom. The van der Waals surface area contributed by atoms with E-state index >= 15 is 0 Å². The van der Waals surface area contributed by atoms with Crippen molar-refractivity contribution in [2.24, 2.45) is 0 Å². The second-order valence-corrected chi connectivity index (χ2v) is 6.03. The van der Waals surface area contributed by atoms with E-state index in [1.165, 1.54) is 0 Å². The van der Waals surface area contributed by atoms with Gasteiger partial charge in [-0.2, -0.15) is 0 Å². The summed E-state index contributed by atoms with van der Waals surface area (Å²) in [6, 6.07) is 13.9. The summed E-state index contributed by atoms with van der Waals surface area (Å²) in [5.74, 6) is 0.299. The minimum absolute atomic E-state index is 0.285. The smallest absolute Gasteiger partial charge is 0.255 e. The molecule has 0 saturated carbocycles. The number of aromatic nitrogens is 2. The van der Waals surface area contributed by atoms with Gasteiger partial charge in [-0.25, -0.2) is 4.98 Å². The van der Waals surface area contributed by atoms with Crippen molar-refractivity contribution < 1.29 is 4.79 Å². The van der Waals surface area contributed by atoms with Gasteiger partial charge >= 0.3 is 0 Å². The third kappa shape index (κ3) is 4.68. The van der Waals surface area contributed by atoms with Gasteiger partial charge in [-0.1, -0.05) is 29.3 Å². The lowest BCUT2D eigenvalue weighted by molar-refractivity contribution is 0.102. The molecular weight excluding hydrogens is 359 g/mol. The van der Waals surface area contributed by atoms with Crippen molar-refractivity contribution in [3.8, 4) is 0 Å². The molecule has 25 heavy (non-hydrogen) atoms. The van der Waals surface area contributed by atoms with E-state index in [0.717, 1.165) is 5.69 Å². The molecule has 0 atom stereocenters. The third-order valence-corrected chi connectivity index (χ3v) is 3.93. The van der Waals surface area contributed by atoms with Crippen molar-refractivity contribution in [3.63, 3.8) is 0 Å². The number of carbonyl (C=O) groups excluding carboxylic acids is 1. The van der Waals surface area contributed by atoms with E-state index in [2.05, 4.69) is 20.6 Å². The normalized spacial score (nSPS) is 10.3. The third-order valence-electron chi connectivity index (χ3n) is 3.38. The molecule has 0 radical (unpaired) electrons. The molecule has 2 N–H and O–H groups in total. The maximum absolute atomic E-state index is 12.4. The molecule has 5 nitrogen and oxygen atoms in total. The highest BCUT2D eigenvalue weighted by molar-refractivity contribution is 6.36. The molecule has 0 unspecified atom stereocenters. The SMILES string of the molecule is O=C(Nc1ccc(Cl)cc1Cl)c1ccnc(NCc2ccccn2)c1. The fourth-order valence-electron chi connectivity index (χ4n) is 2.14. The van der Waals surface area contributed by atoms with Crippen LogP contribution in [0.4, 0.5) is 11.5 Å². The Morgan fingerprint density at radius 1 is 1.00 bits per heavy atom. The molecule has 0 aliphatic carbocycles. The Hall–Kier alpha value is -2.63. The molecule has 0 bridgehead atoms. The van der Waals surface area contributed by atoms with Gasteiger partial charge in [0.25, 0.3) is 5.91 Å². The summed E-state index contributed by atoms with van der Waals surface area (Å²) < 4.78 is 0. The lowest BCUT2D eigenvalue weighted by Gasteiger charge is -2.09. The van der Waals surface area contributed by atoms with Gasteiger partial charge in [0, 0.05) is 23.0 Å². The van der Waals surface area contributed by atoms with E-state index in [0.29, 0.717) is 33.7 Å². The number of pyridine rings is 2. The van der Waals surface area contributed by atoms with Crippen LogP contribution >= 0.6 is 23.2 Å². The van der Waals surface area contributed by atoms with Gasteiger partial charge in [0.15, 0.2) is 0 Å². The van der Waals surface area contributed by atoms with Crippen molar-refractivity contribution in [3.05, 3.63) is 82.2 Å². The molecule has 0 aliphatic heterocycles. The first-order valence-electron chi connectivity index (χ1n) is 7.48. The number of amides is 1. The van der Waals surface area contributed by atoms with Crippen LogP contribution in [0.3, 0.4) is 0 Å². The number of hydrogen-bond acceptors (Lipinski definition) is 4. The van der Waals surface area contributed by atoms with E-state index in [-0.39, 0.29) is 5.91 Å². The van der Waals surface area contributed by atoms with Crippen LogP contribution in [0.25, 0.3) is 0 Å². The van der Waals surface area contributed by atoms with Crippen LogP contribution in [-0.4, -0.2) is 15.9 Å². The predicted molar refractivity (Wildman–Crippen MR) is 100 cm³/mol. The summed E-state index contributed by atoms with van der Waals surface area (Å²) in [6.07, 6.45) is 3.29. The second kappa shape index (κ2) is 7.96. The van der Waals surface area contributed by atoms with Gasteiger partial charge in [-0.15, -0.1) is 0 Å². The summed E-state index contributed by atoms with van der Waals surface area (Å²) in [5, 5.41) is 6.78. The molecule has 126 valence electrons. The van der Waals surface area contributed by atoms with Crippen molar-refractivity contribution >= 4 is 40.6 Å². The Labute approximate surface area is 155 Å². The number of benzene rings is 1. The molecule has 3 aromatic rings. The van der Waals surface area contributed by atoms with Crippen molar-refractivity contribution in [2.75, 3.05) is 10.6 Å². The van der Waals surface area contributed by atoms with Crippen LogP contribution in [0.5, 0.6) is 0 Å². The van der Waals surface area contributed by atoms with Gasteiger partial charge in [0.1, 0.15) is 5.82 Å². The summed E-state index contributed by atoms with van der Waals surface area (Å²) in [4.78, 5) is 20.8. The molecular formula is C18H14Cl2N4O. The number of carbonyl (C=O) groups is 1. The second-order valence-electron chi connectivity index (χ2n) is 5.18. The first kappa shape index (κ1) is 17.2. The van der Waals surface area contributed by atoms with Gasteiger partial charge in [0.2, 0.25) is 0 Å². The number of nitrogens with zero attached hydrogens (tertiary/aromatic N) is 2. The summed E-state index contributed by atoms with van der Waals surface area (Å²) in [5.41, 5.74) is 1.84. The number of halogens is 2. The molecule has 2 heterocycles. The first-order chi connectivity index (χ1) is 12.1. The van der Waals surface area contributed by atoms with E-state index in [1.54, 1.807) is 42.7 Å². The number of nitrogens with one attached hydrogen (secondary N) is 2. The lowest BCUT2D eigenvalue weighted by atomic mass is 10.2. The monoisotopic (exact) mass is 372 g/mol. The molecule has 0 aliphatic rings. The molecule has 0 fully saturated rings. The van der Waals surface area contributed by atoms with Crippen LogP contribution in [0.2, 0.25) is 10.0 Å². The maximum Gasteiger partial charge on any atom is 0.255 e. The van der Waals surface area contributed by atoms with Gasteiger partial charge in [-0.05, 0) is 42.5 Å². The quantitative estimate of drug-likeness (QED) is 0.683. The van der Waals surface area contributed by atoms with Crippen LogP contribution in [0.1, 0.15) is 16.1 Å². The summed E-state index contributed by atoms with van der Waals surface area (Å²) in [7, 11) is 0. The number of hydrogen-bond donors (Lipinski definition) is 2. The highest BCUT2D eigenvalue weighted by Gasteiger charge is 2.10. The van der Waals surface area contributed by atoms with E-state index in [1.807, 2.05) is 18.2 Å². The molecule has 0 spiro atoms. The van der Waals surface area contributed by atoms with Crippen molar-refractivity contribution in [1.82, 2.24) is 9.97 Å². The number of anilines is 2. The standard InChI is InChI=1S/C18H14Cl2N4O/c19-13-4-5-16(15(20)10-13)24-18(25)12-6-8-22-17(9-12)23-11-14-3-1-2-7-21-14/h1-10H,11H2,(H,22,23)(H,24,25). The lowest BCUT2D eigenvalue weighted by Crippen LogP contribution is -2.13. The maximum atomic E-state index is 12.4. The van der Waals surface area contributed by atoms with E-state index in [4.69, 9.17) is 23.2 Å². The zero-order chi connectivity index (χ0) is 17.6. The molecule has 1 amide bonds. The average molecular weight is 373 g/mol. The van der Waals surface area contributed by atoms with Crippen LogP contribution in [0, 0.1) is 0 Å². The van der Waals surface area contributed by atoms with E-state index in [9.17, 15) is 4.79 Å². The largest absolute Gasteiger partial charge is 0.364 e. The van der Waals surface area contributed by atoms with Crippen LogP contribution < -0.4 is 10.6 Å². The Balaban J connectivity index is 1.69. The van der Waals surface area contributed by atoms with Gasteiger partial charge in [-0.3, -0.25) is 9.78 Å². The van der Waals surface area contributed by atoms with E-state index < -0.39 is 0 Å². The Morgan fingerprint density at radius 3 is 2.64 bits per heavy atom. The van der Waals surface area contributed by atoms with Crippen LogP contribution in [0.15, 0.2) is 60.9 Å². The summed E-state index contributed by atoms with van der Waals surface area (Å²) in [6.45, 7) is 0.516. The fraction of sp³-hybridized carbons (Fsp3) is 0.0556. The Bertz CT molecular complexity index is 887. The highest BCUT2D eigenvalue weighted by atomic mass is 35.5. The topological polar surface area (TPSA) is 66.9 Å². The minimum atomic E-state index is -0.285. The molecule has 0 saturated heterocycles. The van der Waals surface area contributed by atoms with Crippen molar-refractivity contribution in [1.29, 1.82) is 0 Å². The minimum Gasteiger partial charge on any atom is -0.364 e. The van der Waals surface area contributed by atoms with Gasteiger partial charge < -0.3 is 10.6 Å². The predicted octanol–water partition coefficient (Wildman–Crippen LogP) is 4.65. The molecule has 3 rings (SSSR count). The molecule has 2 aromatic heterocycles. The highest BCUT2D eigenvalue weighted by Crippen LogP contribution is 2.25. The first-order valence-corrected chi connectivity index (χ1v) is 8.23. The van der Waals surface area contributed by atoms with Gasteiger partial charge in [0.05, 0.1) is 22.9 Å². The molecule has 7 heteroatoms. The van der Waals surface area contributed by atoms with Crippen LogP contribution in [-0.2, 0) is 6.54 Å². The fourth-order valence-corrected chi connectivity index (χ4v) is 2.59. The zero-order valence-electron chi connectivity index (χ0n) is 13.0. The Kier molecular flexibility index (Phi) is 5.48. The zero-order valence-corrected chi connectivity index (χ0v) is 14.6. The summed E-state index contributed by atoms with van der Waals surface area (Å²) >= 11 is 11.9. The van der Waals surface area contributed by atoms with Crippen molar-refractivity contribution in [2.45, 2.75) is 6.54 Å². The number of rotatable bonds is 5. The molecule has 1 aromatic carbocycles.